The van der Waals surface area contributed by atoms with E-state index in [0.717, 1.165) is 51.3 Å². The van der Waals surface area contributed by atoms with Gasteiger partial charge in [-0.2, -0.15) is 0 Å². The van der Waals surface area contributed by atoms with E-state index in [0.29, 0.717) is 11.4 Å². The summed E-state index contributed by atoms with van der Waals surface area (Å²) in [5, 5.41) is 7.79. The van der Waals surface area contributed by atoms with E-state index in [2.05, 4.69) is 199 Å². The third-order valence-electron chi connectivity index (χ3n) is 14.5. The van der Waals surface area contributed by atoms with Crippen LogP contribution in [0.1, 0.15) is 44.1 Å². The highest BCUT2D eigenvalue weighted by atomic mass is 28.3. The summed E-state index contributed by atoms with van der Waals surface area (Å²) < 4.78 is 2.27. The number of benzene rings is 7. The summed E-state index contributed by atoms with van der Waals surface area (Å²) in [7, 11) is -2.77. The zero-order valence-electron chi connectivity index (χ0n) is 33.8. The Kier molecular flexibility index (Phi) is 8.38. The molecule has 4 aliphatic carbocycles. The van der Waals surface area contributed by atoms with Crippen molar-refractivity contribution in [2.75, 3.05) is 0 Å². The highest BCUT2D eigenvalue weighted by Crippen LogP contribution is 2.60. The van der Waals surface area contributed by atoms with E-state index in [1.807, 2.05) is 0 Å². The van der Waals surface area contributed by atoms with Crippen molar-refractivity contribution >= 4 is 50.6 Å². The van der Waals surface area contributed by atoms with Gasteiger partial charge in [-0.1, -0.05) is 176 Å². The molecule has 0 amide bonds. The predicted octanol–water partition coefficient (Wildman–Crippen LogP) is 10.8. The van der Waals surface area contributed by atoms with Gasteiger partial charge in [0.05, 0.1) is 22.4 Å². The lowest BCUT2D eigenvalue weighted by Gasteiger charge is -2.57. The van der Waals surface area contributed by atoms with Crippen molar-refractivity contribution in [1.82, 2.24) is 14.5 Å². The van der Waals surface area contributed by atoms with Crippen LogP contribution in [0.5, 0.6) is 0 Å². The topological polar surface area (TPSA) is 30.7 Å². The second-order valence-corrected chi connectivity index (χ2v) is 21.8. The third-order valence-corrected chi connectivity index (χ3v) is 19.3. The molecule has 0 unspecified atom stereocenters. The van der Waals surface area contributed by atoms with Crippen LogP contribution in [0.3, 0.4) is 0 Å². The fourth-order valence-corrected chi connectivity index (χ4v) is 17.2. The monoisotopic (exact) mass is 789 g/mol. The Labute approximate surface area is 353 Å². The number of aromatic nitrogens is 3. The van der Waals surface area contributed by atoms with Gasteiger partial charge in [-0.05, 0) is 106 Å². The Hall–Kier alpha value is -6.36. The van der Waals surface area contributed by atoms with Crippen molar-refractivity contribution in [2.45, 2.75) is 43.9 Å². The Balaban J connectivity index is 1.06. The molecule has 2 aromatic heterocycles. The molecule has 0 aliphatic heterocycles. The maximum Gasteiger partial charge on any atom is 0.235 e. The standard InChI is InChI=1S/C56H47N3Si/c1-4-16-45(17-5-1)60(46-18-6-2-7-19-46,47-20-8-3-9-21-47)48-22-14-15-43(34-48)52-35-51(42-27-29-44(30-28-42)56-36-39-31-40(37-56)33-41(32-39)38-56)57-55(58-52)59-53-25-12-10-23-49(53)50-24-11-13-26-54(50)59/h1-30,34-35,39-41H,31-33,36-38H2. The zero-order valence-corrected chi connectivity index (χ0v) is 34.8. The lowest BCUT2D eigenvalue weighted by atomic mass is 9.48. The van der Waals surface area contributed by atoms with Gasteiger partial charge in [0.1, 0.15) is 0 Å². The number of hydrogen-bond acceptors (Lipinski definition) is 2. The molecule has 9 aromatic rings. The van der Waals surface area contributed by atoms with Gasteiger partial charge in [0.25, 0.3) is 0 Å². The molecule has 60 heavy (non-hydrogen) atoms. The van der Waals surface area contributed by atoms with Gasteiger partial charge >= 0.3 is 0 Å². The number of fused-ring (bicyclic) bond motifs is 3. The first-order chi connectivity index (χ1) is 29.6. The molecule has 4 saturated carbocycles. The lowest BCUT2D eigenvalue weighted by molar-refractivity contribution is -0.00518. The summed E-state index contributed by atoms with van der Waals surface area (Å²) in [5.74, 6) is 3.43. The fourth-order valence-electron chi connectivity index (χ4n) is 12.4. The molecule has 0 N–H and O–H groups in total. The third kappa shape index (κ3) is 5.68. The van der Waals surface area contributed by atoms with E-state index in [9.17, 15) is 0 Å². The molecule has 13 rings (SSSR count). The first kappa shape index (κ1) is 35.6. The van der Waals surface area contributed by atoms with E-state index in [4.69, 9.17) is 9.97 Å². The average molecular weight is 790 g/mol. The van der Waals surface area contributed by atoms with Crippen LogP contribution in [0.4, 0.5) is 0 Å². The van der Waals surface area contributed by atoms with Gasteiger partial charge in [-0.15, -0.1) is 0 Å². The van der Waals surface area contributed by atoms with Crippen molar-refractivity contribution in [3.05, 3.63) is 200 Å². The predicted molar refractivity (Wildman–Crippen MR) is 251 cm³/mol. The second-order valence-electron chi connectivity index (χ2n) is 18.0. The molecule has 7 aromatic carbocycles. The molecular weight excluding hydrogens is 743 g/mol. The van der Waals surface area contributed by atoms with Crippen molar-refractivity contribution in [2.24, 2.45) is 17.8 Å². The number of rotatable bonds is 8. The molecule has 3 nitrogen and oxygen atoms in total. The first-order valence-electron chi connectivity index (χ1n) is 21.9. The summed E-state index contributed by atoms with van der Waals surface area (Å²) in [5.41, 5.74) is 8.19. The first-order valence-corrected chi connectivity index (χ1v) is 23.9. The summed E-state index contributed by atoms with van der Waals surface area (Å²) in [6, 6.07) is 71.9. The Morgan fingerprint density at radius 1 is 0.417 bits per heavy atom. The maximum absolute atomic E-state index is 5.52. The molecule has 4 fully saturated rings. The van der Waals surface area contributed by atoms with E-state index >= 15 is 0 Å². The van der Waals surface area contributed by atoms with Crippen molar-refractivity contribution in [3.63, 3.8) is 0 Å². The van der Waals surface area contributed by atoms with Crippen LogP contribution in [0.15, 0.2) is 194 Å². The minimum Gasteiger partial charge on any atom is -0.278 e. The number of para-hydroxylation sites is 2. The van der Waals surface area contributed by atoms with Gasteiger partial charge in [-0.3, -0.25) is 4.57 Å². The van der Waals surface area contributed by atoms with Crippen LogP contribution in [0, 0.1) is 17.8 Å². The zero-order chi connectivity index (χ0) is 39.7. The smallest absolute Gasteiger partial charge is 0.235 e. The molecule has 290 valence electrons. The summed E-state index contributed by atoms with van der Waals surface area (Å²) >= 11 is 0. The molecular formula is C56H47N3Si. The molecule has 0 radical (unpaired) electrons. The van der Waals surface area contributed by atoms with Gasteiger partial charge < -0.3 is 0 Å². The second kappa shape index (κ2) is 14.1. The van der Waals surface area contributed by atoms with Crippen LogP contribution < -0.4 is 20.7 Å². The van der Waals surface area contributed by atoms with Gasteiger partial charge in [0, 0.05) is 21.9 Å². The average Bonchev–Trinajstić information content (AvgIpc) is 3.64. The van der Waals surface area contributed by atoms with Gasteiger partial charge in [0.2, 0.25) is 5.95 Å². The van der Waals surface area contributed by atoms with E-state index in [1.54, 1.807) is 5.56 Å². The molecule has 0 atom stereocenters. The Bertz CT molecular complexity index is 2820. The van der Waals surface area contributed by atoms with E-state index in [1.165, 1.54) is 70.0 Å². The SMILES string of the molecule is c1ccc([Si](c2ccccc2)(c2ccccc2)c2cccc(-c3cc(-c4ccc(C56CC7CC(CC(C7)C5)C6)cc4)nc(-n4c5ccccc5c5ccccc54)n3)c2)cc1. The van der Waals surface area contributed by atoms with Crippen molar-refractivity contribution < 1.29 is 0 Å². The Morgan fingerprint density at radius 2 is 0.867 bits per heavy atom. The summed E-state index contributed by atoms with van der Waals surface area (Å²) in [4.78, 5) is 11.0. The molecule has 4 aliphatic rings. The molecule has 4 bridgehead atoms. The van der Waals surface area contributed by atoms with Crippen molar-refractivity contribution in [3.8, 4) is 28.5 Å². The van der Waals surface area contributed by atoms with Crippen LogP contribution in [0.2, 0.25) is 0 Å². The summed E-state index contributed by atoms with van der Waals surface area (Å²) in [6.45, 7) is 0. The van der Waals surface area contributed by atoms with Crippen molar-refractivity contribution in [1.29, 1.82) is 0 Å². The fraction of sp³-hybridized carbons (Fsp3) is 0.179. The van der Waals surface area contributed by atoms with E-state index in [-0.39, 0.29) is 0 Å². The number of nitrogens with zero attached hydrogens (tertiary/aromatic N) is 3. The highest BCUT2D eigenvalue weighted by Gasteiger charge is 2.51. The minimum atomic E-state index is -2.77. The van der Waals surface area contributed by atoms with Crippen LogP contribution in [0.25, 0.3) is 50.3 Å². The lowest BCUT2D eigenvalue weighted by Crippen LogP contribution is -2.74. The van der Waals surface area contributed by atoms with Gasteiger partial charge in [0.15, 0.2) is 8.07 Å². The molecule has 0 saturated heterocycles. The quantitative estimate of drug-likeness (QED) is 0.113. The molecule has 4 heteroatoms. The van der Waals surface area contributed by atoms with Crippen LogP contribution in [-0.2, 0) is 5.41 Å². The number of hydrogen-bond donors (Lipinski definition) is 0. The normalized spacial score (nSPS) is 20.8. The van der Waals surface area contributed by atoms with Gasteiger partial charge in [-0.25, -0.2) is 9.97 Å². The van der Waals surface area contributed by atoms with Crippen LogP contribution in [-0.4, -0.2) is 22.6 Å². The summed E-state index contributed by atoms with van der Waals surface area (Å²) in [6.07, 6.45) is 8.47. The molecule has 2 heterocycles. The largest absolute Gasteiger partial charge is 0.278 e. The van der Waals surface area contributed by atoms with Crippen LogP contribution >= 0.6 is 0 Å². The maximum atomic E-state index is 5.52. The minimum absolute atomic E-state index is 0.353. The molecule has 0 spiro atoms. The van der Waals surface area contributed by atoms with E-state index < -0.39 is 8.07 Å². The Morgan fingerprint density at radius 3 is 1.38 bits per heavy atom. The highest BCUT2D eigenvalue weighted by molar-refractivity contribution is 7.19.